The molecule has 0 fully saturated rings. The number of hydrogen-bond acceptors (Lipinski definition) is 10. The van der Waals surface area contributed by atoms with Crippen LogP contribution in [0.2, 0.25) is 0 Å². The fraction of sp³-hybridized carbons (Fsp3) is 0.263. The molecule has 0 saturated carbocycles. The summed E-state index contributed by atoms with van der Waals surface area (Å²) in [5.41, 5.74) is 0.564. The van der Waals surface area contributed by atoms with Gasteiger partial charge in [0, 0.05) is 17.5 Å². The van der Waals surface area contributed by atoms with Crippen molar-refractivity contribution in [2.75, 3.05) is 28.4 Å². The van der Waals surface area contributed by atoms with Crippen LogP contribution < -0.4 is 33.3 Å². The maximum Gasteiger partial charge on any atom is 0.175 e. The average Bonchev–Trinajstić information content (AvgIpc) is 2.70. The molecule has 0 aromatic heterocycles. The van der Waals surface area contributed by atoms with Crippen molar-refractivity contribution in [3.05, 3.63) is 46.9 Å². The molecule has 2 aromatic carbocycles. The monoisotopic (exact) mass is 472 g/mol. The van der Waals surface area contributed by atoms with Crippen molar-refractivity contribution in [2.24, 2.45) is 0 Å². The minimum atomic E-state index is -5.36. The first-order valence-electron chi connectivity index (χ1n) is 8.61. The van der Waals surface area contributed by atoms with Gasteiger partial charge in [0.25, 0.3) is 0 Å². The molecule has 0 bridgehead atoms. The summed E-state index contributed by atoms with van der Waals surface area (Å²) >= 11 is 0. The minimum Gasteiger partial charge on any atom is -0.780 e. The predicted molar refractivity (Wildman–Crippen MR) is 109 cm³/mol. The standard InChI is InChI=1S/C19H23O10PS/c1-25-14-10-17(27-3)15(18(11-14)28-4)7-8-31(23,24)12-13-5-6-16(26-2)19(9-13)29-30(20,21)22/h5-11H,12H2,1-4H3,(H2,20,21,22)/p-2/b8-7+. The molecule has 170 valence electrons. The summed E-state index contributed by atoms with van der Waals surface area (Å²) in [6.07, 6.45) is 1.32. The lowest BCUT2D eigenvalue weighted by molar-refractivity contribution is -0.333. The van der Waals surface area contributed by atoms with Gasteiger partial charge in [-0.15, -0.1) is 0 Å². The first kappa shape index (κ1) is 24.5. The van der Waals surface area contributed by atoms with Crippen LogP contribution >= 0.6 is 7.82 Å². The zero-order valence-electron chi connectivity index (χ0n) is 17.2. The maximum atomic E-state index is 12.6. The lowest BCUT2D eigenvalue weighted by Crippen LogP contribution is -2.19. The summed E-state index contributed by atoms with van der Waals surface area (Å²) < 4.78 is 61.1. The fourth-order valence-electron chi connectivity index (χ4n) is 2.65. The summed E-state index contributed by atoms with van der Waals surface area (Å²) in [6, 6.07) is 6.97. The molecular weight excluding hydrogens is 451 g/mol. The number of benzene rings is 2. The number of phosphoric ester groups is 1. The Kier molecular flexibility index (Phi) is 7.96. The third-order valence-corrected chi connectivity index (χ3v) is 5.71. The summed E-state index contributed by atoms with van der Waals surface area (Å²) in [6.45, 7) is 0. The van der Waals surface area contributed by atoms with E-state index >= 15 is 0 Å². The molecule has 0 radical (unpaired) electrons. The van der Waals surface area contributed by atoms with Crippen LogP contribution in [0.25, 0.3) is 6.08 Å². The number of rotatable bonds is 10. The van der Waals surface area contributed by atoms with Gasteiger partial charge in [0.15, 0.2) is 21.3 Å². The van der Waals surface area contributed by atoms with Crippen LogP contribution in [0.5, 0.6) is 28.7 Å². The van der Waals surface area contributed by atoms with E-state index in [2.05, 4.69) is 4.52 Å². The molecule has 0 aliphatic heterocycles. The average molecular weight is 472 g/mol. The second-order valence-electron chi connectivity index (χ2n) is 6.08. The van der Waals surface area contributed by atoms with E-state index in [1.165, 1.54) is 46.6 Å². The zero-order chi connectivity index (χ0) is 23.2. The lowest BCUT2D eigenvalue weighted by Gasteiger charge is -2.29. The van der Waals surface area contributed by atoms with Crippen molar-refractivity contribution in [2.45, 2.75) is 5.75 Å². The normalized spacial score (nSPS) is 11.9. The Morgan fingerprint density at radius 1 is 0.871 bits per heavy atom. The van der Waals surface area contributed by atoms with E-state index < -0.39 is 29.2 Å². The van der Waals surface area contributed by atoms with E-state index in [0.29, 0.717) is 22.8 Å². The Hall–Kier alpha value is -2.72. The van der Waals surface area contributed by atoms with Gasteiger partial charge in [-0.1, -0.05) is 6.07 Å². The molecule has 0 aliphatic carbocycles. The third kappa shape index (κ3) is 6.90. The first-order chi connectivity index (χ1) is 14.5. The van der Waals surface area contributed by atoms with Gasteiger partial charge >= 0.3 is 0 Å². The van der Waals surface area contributed by atoms with Crippen LogP contribution in [0.4, 0.5) is 0 Å². The van der Waals surface area contributed by atoms with Gasteiger partial charge in [0.05, 0.1) is 39.8 Å². The van der Waals surface area contributed by atoms with Gasteiger partial charge in [-0.2, -0.15) is 0 Å². The Labute approximate surface area is 180 Å². The summed E-state index contributed by atoms with van der Waals surface area (Å²) in [5, 5.41) is 0.969. The van der Waals surface area contributed by atoms with E-state index in [9.17, 15) is 22.8 Å². The summed E-state index contributed by atoms with van der Waals surface area (Å²) in [7, 11) is -3.62. The van der Waals surface area contributed by atoms with Crippen molar-refractivity contribution in [1.29, 1.82) is 0 Å². The van der Waals surface area contributed by atoms with Crippen molar-refractivity contribution in [3.63, 3.8) is 0 Å². The Morgan fingerprint density at radius 3 is 1.94 bits per heavy atom. The van der Waals surface area contributed by atoms with Crippen molar-refractivity contribution in [1.82, 2.24) is 0 Å². The van der Waals surface area contributed by atoms with E-state index in [-0.39, 0.29) is 11.3 Å². The molecule has 0 heterocycles. The molecule has 10 nitrogen and oxygen atoms in total. The van der Waals surface area contributed by atoms with Gasteiger partial charge in [0.1, 0.15) is 25.1 Å². The third-order valence-electron chi connectivity index (χ3n) is 4.00. The second-order valence-corrected chi connectivity index (χ2v) is 9.04. The molecule has 0 unspecified atom stereocenters. The number of hydrogen-bond donors (Lipinski definition) is 0. The van der Waals surface area contributed by atoms with E-state index in [0.717, 1.165) is 11.5 Å². The molecule has 0 aliphatic rings. The number of methoxy groups -OCH3 is 4. The van der Waals surface area contributed by atoms with Crippen molar-refractivity contribution in [3.8, 4) is 28.7 Å². The van der Waals surface area contributed by atoms with E-state index in [1.807, 2.05) is 0 Å². The number of sulfone groups is 1. The summed E-state index contributed by atoms with van der Waals surface area (Å²) in [5.74, 6) is 0.219. The summed E-state index contributed by atoms with van der Waals surface area (Å²) in [4.78, 5) is 21.8. The van der Waals surface area contributed by atoms with Gasteiger partial charge in [0.2, 0.25) is 0 Å². The Bertz CT molecular complexity index is 1080. The van der Waals surface area contributed by atoms with Gasteiger partial charge < -0.3 is 37.8 Å². The highest BCUT2D eigenvalue weighted by Crippen LogP contribution is 2.38. The molecule has 12 heteroatoms. The van der Waals surface area contributed by atoms with Gasteiger partial charge in [-0.05, 0) is 23.8 Å². The van der Waals surface area contributed by atoms with Gasteiger partial charge in [-0.3, -0.25) is 0 Å². The highest BCUT2D eigenvalue weighted by molar-refractivity contribution is 7.93. The van der Waals surface area contributed by atoms with Crippen LogP contribution in [-0.4, -0.2) is 36.9 Å². The van der Waals surface area contributed by atoms with Crippen LogP contribution in [0.3, 0.4) is 0 Å². The molecular formula is C19H21O10PS-2. The molecule has 0 amide bonds. The predicted octanol–water partition coefficient (Wildman–Crippen LogP) is 1.51. The van der Waals surface area contributed by atoms with E-state index in [4.69, 9.17) is 18.9 Å². The van der Waals surface area contributed by atoms with Crippen LogP contribution in [0.15, 0.2) is 35.7 Å². The molecule has 2 rings (SSSR count). The highest BCUT2D eigenvalue weighted by Gasteiger charge is 2.15. The second kappa shape index (κ2) is 10.1. The minimum absolute atomic E-state index is 0.0312. The fourth-order valence-corrected chi connectivity index (χ4v) is 4.12. The zero-order valence-corrected chi connectivity index (χ0v) is 18.9. The first-order valence-corrected chi connectivity index (χ1v) is 11.8. The number of ether oxygens (including phenoxy) is 4. The molecule has 31 heavy (non-hydrogen) atoms. The number of phosphoric acid groups is 1. The Balaban J connectivity index is 2.35. The van der Waals surface area contributed by atoms with Crippen LogP contribution in [-0.2, 0) is 20.2 Å². The topological polar surface area (TPSA) is 143 Å². The van der Waals surface area contributed by atoms with Crippen LogP contribution in [0.1, 0.15) is 11.1 Å². The maximum absolute atomic E-state index is 12.6. The molecule has 0 N–H and O–H groups in total. The highest BCUT2D eigenvalue weighted by atomic mass is 32.2. The Morgan fingerprint density at radius 2 is 1.45 bits per heavy atom. The molecule has 0 saturated heterocycles. The quantitative estimate of drug-likeness (QED) is 0.467. The van der Waals surface area contributed by atoms with Crippen molar-refractivity contribution < 1.29 is 46.2 Å². The van der Waals surface area contributed by atoms with Crippen LogP contribution in [0, 0.1) is 0 Å². The van der Waals surface area contributed by atoms with Gasteiger partial charge in [-0.25, -0.2) is 8.42 Å². The SMILES string of the molecule is COc1cc(OC)c(/C=C/S(=O)(=O)Cc2ccc(OC)c(OP(=O)([O-])[O-])c2)c(OC)c1. The lowest BCUT2D eigenvalue weighted by atomic mass is 10.1. The van der Waals surface area contributed by atoms with Crippen molar-refractivity contribution >= 4 is 23.7 Å². The van der Waals surface area contributed by atoms with E-state index in [1.54, 1.807) is 12.1 Å². The molecule has 0 atom stereocenters. The largest absolute Gasteiger partial charge is 0.780 e. The molecule has 0 spiro atoms. The smallest absolute Gasteiger partial charge is 0.175 e. The molecule has 2 aromatic rings.